The highest BCUT2D eigenvalue weighted by Crippen LogP contribution is 2.22. The van der Waals surface area contributed by atoms with Crippen LogP contribution in [0.15, 0.2) is 48.5 Å². The lowest BCUT2D eigenvalue weighted by Crippen LogP contribution is -2.15. The van der Waals surface area contributed by atoms with Crippen LogP contribution in [0.5, 0.6) is 0 Å². The van der Waals surface area contributed by atoms with Crippen LogP contribution in [0.4, 0.5) is 0 Å². The highest BCUT2D eigenvalue weighted by molar-refractivity contribution is 6.00. The molecule has 0 saturated carbocycles. The zero-order valence-corrected chi connectivity index (χ0v) is 11.5. The molecule has 0 amide bonds. The van der Waals surface area contributed by atoms with Crippen molar-refractivity contribution in [1.29, 1.82) is 0 Å². The number of Topliss-reactive ketones (excluding diaryl/α,β-unsaturated/α-hetero) is 1. The van der Waals surface area contributed by atoms with Crippen LogP contribution < -0.4 is 0 Å². The van der Waals surface area contributed by atoms with Crippen LogP contribution in [-0.2, 0) is 4.74 Å². The van der Waals surface area contributed by atoms with Crippen LogP contribution in [0.3, 0.4) is 0 Å². The maximum Gasteiger partial charge on any atom is 0.196 e. The standard InChI is InChI=1S/C17H18O2/c1-12-9-13(2)11-15(10-12)16(18)17(19-3)14-7-5-4-6-8-14/h4-11,17H,1-3H3. The lowest BCUT2D eigenvalue weighted by Gasteiger charge is -2.15. The molecule has 2 rings (SSSR count). The summed E-state index contributed by atoms with van der Waals surface area (Å²) in [6.07, 6.45) is -0.539. The van der Waals surface area contributed by atoms with Gasteiger partial charge in [-0.25, -0.2) is 0 Å². The zero-order chi connectivity index (χ0) is 13.8. The SMILES string of the molecule is COC(C(=O)c1cc(C)cc(C)c1)c1ccccc1. The Morgan fingerprint density at radius 2 is 1.58 bits per heavy atom. The largest absolute Gasteiger partial charge is 0.369 e. The summed E-state index contributed by atoms with van der Waals surface area (Å²) in [7, 11) is 1.57. The molecule has 0 aliphatic rings. The minimum Gasteiger partial charge on any atom is -0.369 e. The maximum atomic E-state index is 12.6. The monoisotopic (exact) mass is 254 g/mol. The second-order valence-corrected chi connectivity index (χ2v) is 4.77. The summed E-state index contributed by atoms with van der Waals surface area (Å²) in [6, 6.07) is 15.4. The normalized spacial score (nSPS) is 12.2. The number of hydrogen-bond donors (Lipinski definition) is 0. The summed E-state index contributed by atoms with van der Waals surface area (Å²) in [5.41, 5.74) is 3.76. The van der Waals surface area contributed by atoms with E-state index < -0.39 is 6.10 Å². The molecule has 19 heavy (non-hydrogen) atoms. The van der Waals surface area contributed by atoms with Crippen LogP contribution >= 0.6 is 0 Å². The third kappa shape index (κ3) is 3.09. The molecule has 0 spiro atoms. The van der Waals surface area contributed by atoms with Gasteiger partial charge in [-0.1, -0.05) is 47.5 Å². The second kappa shape index (κ2) is 5.81. The third-order valence-electron chi connectivity index (χ3n) is 3.08. The second-order valence-electron chi connectivity index (χ2n) is 4.77. The molecule has 0 aliphatic heterocycles. The van der Waals surface area contributed by atoms with Gasteiger partial charge in [-0.2, -0.15) is 0 Å². The smallest absolute Gasteiger partial charge is 0.196 e. The molecule has 98 valence electrons. The first kappa shape index (κ1) is 13.5. The van der Waals surface area contributed by atoms with Crippen LogP contribution in [0.1, 0.15) is 33.2 Å². The van der Waals surface area contributed by atoms with Crippen molar-refractivity contribution in [2.24, 2.45) is 0 Å². The van der Waals surface area contributed by atoms with E-state index in [4.69, 9.17) is 4.74 Å². The van der Waals surface area contributed by atoms with Crippen LogP contribution in [-0.4, -0.2) is 12.9 Å². The van der Waals surface area contributed by atoms with Gasteiger partial charge < -0.3 is 4.74 Å². The van der Waals surface area contributed by atoms with Crippen LogP contribution in [0.25, 0.3) is 0 Å². The van der Waals surface area contributed by atoms with Crippen molar-refractivity contribution < 1.29 is 9.53 Å². The number of methoxy groups -OCH3 is 1. The first-order valence-corrected chi connectivity index (χ1v) is 6.32. The predicted octanol–water partition coefficient (Wildman–Crippen LogP) is 3.87. The first-order chi connectivity index (χ1) is 9.11. The molecule has 0 bridgehead atoms. The summed E-state index contributed by atoms with van der Waals surface area (Å²) in [6.45, 7) is 3.99. The average Bonchev–Trinajstić information content (AvgIpc) is 2.39. The van der Waals surface area contributed by atoms with Crippen molar-refractivity contribution >= 4 is 5.78 Å². The number of ketones is 1. The minimum atomic E-state index is -0.539. The van der Waals surface area contributed by atoms with Gasteiger partial charge in [-0.15, -0.1) is 0 Å². The summed E-state index contributed by atoms with van der Waals surface area (Å²) < 4.78 is 5.38. The maximum absolute atomic E-state index is 12.6. The van der Waals surface area contributed by atoms with Gasteiger partial charge in [0.05, 0.1) is 0 Å². The molecular weight excluding hydrogens is 236 g/mol. The third-order valence-corrected chi connectivity index (χ3v) is 3.08. The Labute approximate surface area is 114 Å². The summed E-state index contributed by atoms with van der Waals surface area (Å²) in [4.78, 5) is 12.6. The Morgan fingerprint density at radius 3 is 2.11 bits per heavy atom. The van der Waals surface area contributed by atoms with Crippen LogP contribution in [0.2, 0.25) is 0 Å². The van der Waals surface area contributed by atoms with E-state index in [1.807, 2.05) is 56.3 Å². The fourth-order valence-electron chi connectivity index (χ4n) is 2.29. The molecule has 0 saturated heterocycles. The molecular formula is C17H18O2. The molecule has 1 atom stereocenters. The van der Waals surface area contributed by atoms with E-state index in [1.165, 1.54) is 0 Å². The van der Waals surface area contributed by atoms with E-state index in [2.05, 4.69) is 6.07 Å². The number of carbonyl (C=O) groups excluding carboxylic acids is 1. The average molecular weight is 254 g/mol. The molecule has 2 heteroatoms. The summed E-state index contributed by atoms with van der Waals surface area (Å²) in [5, 5.41) is 0. The van der Waals surface area contributed by atoms with Gasteiger partial charge in [0.2, 0.25) is 0 Å². The van der Waals surface area contributed by atoms with E-state index in [0.717, 1.165) is 16.7 Å². The van der Waals surface area contributed by atoms with Gasteiger partial charge in [0.1, 0.15) is 6.10 Å². The number of aryl methyl sites for hydroxylation is 2. The molecule has 2 nitrogen and oxygen atoms in total. The number of benzene rings is 2. The topological polar surface area (TPSA) is 26.3 Å². The number of hydrogen-bond acceptors (Lipinski definition) is 2. The van der Waals surface area contributed by atoms with E-state index >= 15 is 0 Å². The van der Waals surface area contributed by atoms with Crippen molar-refractivity contribution in [2.45, 2.75) is 20.0 Å². The molecule has 1 unspecified atom stereocenters. The Bertz CT molecular complexity index is 553. The predicted molar refractivity (Wildman–Crippen MR) is 76.4 cm³/mol. The summed E-state index contributed by atoms with van der Waals surface area (Å²) >= 11 is 0. The Kier molecular flexibility index (Phi) is 4.13. The van der Waals surface area contributed by atoms with Gasteiger partial charge in [0.25, 0.3) is 0 Å². The molecule has 0 N–H and O–H groups in total. The molecule has 0 heterocycles. The Balaban J connectivity index is 2.36. The van der Waals surface area contributed by atoms with E-state index in [9.17, 15) is 4.79 Å². The van der Waals surface area contributed by atoms with Crippen LogP contribution in [0, 0.1) is 13.8 Å². The lowest BCUT2D eigenvalue weighted by atomic mass is 9.97. The Hall–Kier alpha value is -1.93. The molecule has 0 fully saturated rings. The van der Waals surface area contributed by atoms with Crippen molar-refractivity contribution in [1.82, 2.24) is 0 Å². The van der Waals surface area contributed by atoms with Crippen molar-refractivity contribution in [3.63, 3.8) is 0 Å². The van der Waals surface area contributed by atoms with Gasteiger partial charge in [0, 0.05) is 12.7 Å². The highest BCUT2D eigenvalue weighted by atomic mass is 16.5. The fraction of sp³-hybridized carbons (Fsp3) is 0.235. The highest BCUT2D eigenvalue weighted by Gasteiger charge is 2.21. The van der Waals surface area contributed by atoms with E-state index in [-0.39, 0.29) is 5.78 Å². The number of carbonyl (C=O) groups is 1. The minimum absolute atomic E-state index is 0.000463. The number of rotatable bonds is 4. The van der Waals surface area contributed by atoms with E-state index in [1.54, 1.807) is 7.11 Å². The van der Waals surface area contributed by atoms with Gasteiger partial charge in [0.15, 0.2) is 5.78 Å². The van der Waals surface area contributed by atoms with Crippen molar-refractivity contribution in [2.75, 3.05) is 7.11 Å². The molecule has 0 radical (unpaired) electrons. The van der Waals surface area contributed by atoms with Gasteiger partial charge >= 0.3 is 0 Å². The molecule has 2 aromatic carbocycles. The quantitative estimate of drug-likeness (QED) is 0.774. The van der Waals surface area contributed by atoms with Gasteiger partial charge in [-0.3, -0.25) is 4.79 Å². The molecule has 0 aliphatic carbocycles. The van der Waals surface area contributed by atoms with Crippen molar-refractivity contribution in [3.8, 4) is 0 Å². The number of ether oxygens (including phenoxy) is 1. The lowest BCUT2D eigenvalue weighted by molar-refractivity contribution is 0.0604. The van der Waals surface area contributed by atoms with E-state index in [0.29, 0.717) is 5.56 Å². The van der Waals surface area contributed by atoms with Gasteiger partial charge in [-0.05, 0) is 31.5 Å². The first-order valence-electron chi connectivity index (χ1n) is 6.32. The summed E-state index contributed by atoms with van der Waals surface area (Å²) in [5.74, 6) is 0.000463. The Morgan fingerprint density at radius 1 is 1.00 bits per heavy atom. The molecule has 0 aromatic heterocycles. The molecule has 2 aromatic rings. The zero-order valence-electron chi connectivity index (χ0n) is 11.5. The fourth-order valence-corrected chi connectivity index (χ4v) is 2.29. The van der Waals surface area contributed by atoms with Crippen molar-refractivity contribution in [3.05, 3.63) is 70.8 Å².